The minimum atomic E-state index is -0.187. The molecule has 9 heteroatoms. The van der Waals surface area contributed by atoms with Crippen LogP contribution in [-0.4, -0.2) is 62.1 Å². The van der Waals surface area contributed by atoms with Gasteiger partial charge in [-0.15, -0.1) is 0 Å². The van der Waals surface area contributed by atoms with Crippen LogP contribution in [0.4, 0.5) is 5.95 Å². The number of aromatic amines is 2. The molecule has 4 heterocycles. The van der Waals surface area contributed by atoms with Crippen LogP contribution in [0.25, 0.3) is 21.8 Å². The number of carbonyl (C=O) groups excluding carboxylic acids is 1. The lowest BCUT2D eigenvalue weighted by Gasteiger charge is -2.34. The van der Waals surface area contributed by atoms with Gasteiger partial charge in [-0.05, 0) is 25.0 Å². The van der Waals surface area contributed by atoms with Gasteiger partial charge in [-0.3, -0.25) is 9.59 Å². The van der Waals surface area contributed by atoms with E-state index in [1.54, 1.807) is 6.07 Å². The molecular weight excluding hydrogens is 394 g/mol. The molecule has 0 radical (unpaired) electrons. The van der Waals surface area contributed by atoms with Crippen LogP contribution in [0.1, 0.15) is 18.5 Å². The van der Waals surface area contributed by atoms with Crippen molar-refractivity contribution in [3.05, 3.63) is 58.8 Å². The van der Waals surface area contributed by atoms with Crippen LogP contribution in [0.3, 0.4) is 0 Å². The lowest BCUT2D eigenvalue weighted by molar-refractivity contribution is -0.131. The summed E-state index contributed by atoms with van der Waals surface area (Å²) in [6.07, 6.45) is 5.47. The summed E-state index contributed by atoms with van der Waals surface area (Å²) in [5, 5.41) is 9.22. The van der Waals surface area contributed by atoms with Crippen molar-refractivity contribution in [1.29, 1.82) is 0 Å². The highest BCUT2D eigenvalue weighted by atomic mass is 16.2. The number of carbonyl (C=O) groups is 1. The maximum atomic E-state index is 12.7. The van der Waals surface area contributed by atoms with E-state index in [1.165, 1.54) is 0 Å². The highest BCUT2D eigenvalue weighted by Crippen LogP contribution is 2.17. The minimum absolute atomic E-state index is 0.147. The summed E-state index contributed by atoms with van der Waals surface area (Å²) in [5.74, 6) is 0.840. The van der Waals surface area contributed by atoms with Gasteiger partial charge in [0, 0.05) is 55.8 Å². The Bertz CT molecular complexity index is 1290. The van der Waals surface area contributed by atoms with Gasteiger partial charge in [0.25, 0.3) is 5.56 Å². The third kappa shape index (κ3) is 3.86. The molecule has 158 valence electrons. The van der Waals surface area contributed by atoms with E-state index in [0.29, 0.717) is 56.8 Å². The third-order valence-corrected chi connectivity index (χ3v) is 5.78. The van der Waals surface area contributed by atoms with E-state index < -0.39 is 0 Å². The molecule has 4 aromatic rings. The maximum Gasteiger partial charge on any atom is 0.272 e. The van der Waals surface area contributed by atoms with Gasteiger partial charge in [-0.2, -0.15) is 10.1 Å². The van der Waals surface area contributed by atoms with E-state index in [2.05, 4.69) is 30.0 Å². The topological polar surface area (TPSA) is 111 Å². The number of nitrogens with one attached hydrogen (secondary N) is 2. The van der Waals surface area contributed by atoms with E-state index in [9.17, 15) is 9.59 Å². The molecule has 1 fully saturated rings. The van der Waals surface area contributed by atoms with Crippen LogP contribution in [0.15, 0.2) is 47.5 Å². The van der Waals surface area contributed by atoms with Gasteiger partial charge < -0.3 is 14.8 Å². The zero-order valence-corrected chi connectivity index (χ0v) is 17.0. The second-order valence-electron chi connectivity index (χ2n) is 7.72. The number of fused-ring (bicyclic) bond motifs is 2. The lowest BCUT2D eigenvalue weighted by atomic mass is 10.1. The van der Waals surface area contributed by atoms with Crippen molar-refractivity contribution in [3.8, 4) is 0 Å². The molecule has 0 atom stereocenters. The van der Waals surface area contributed by atoms with Gasteiger partial charge in [-0.25, -0.2) is 10.1 Å². The van der Waals surface area contributed by atoms with Crippen molar-refractivity contribution in [1.82, 2.24) is 30.0 Å². The fraction of sp³-hybridized carbons (Fsp3) is 0.318. The maximum absolute atomic E-state index is 12.7. The fourth-order valence-electron chi connectivity index (χ4n) is 4.07. The highest BCUT2D eigenvalue weighted by molar-refractivity contribution is 5.83. The molecule has 3 aromatic heterocycles. The van der Waals surface area contributed by atoms with Crippen LogP contribution in [-0.2, 0) is 11.2 Å². The Morgan fingerprint density at radius 1 is 1.06 bits per heavy atom. The summed E-state index contributed by atoms with van der Waals surface area (Å²) in [5.41, 5.74) is 1.46. The van der Waals surface area contributed by atoms with Crippen LogP contribution < -0.4 is 10.5 Å². The molecule has 0 spiro atoms. The average molecular weight is 417 g/mol. The molecule has 1 aromatic carbocycles. The molecule has 0 unspecified atom stereocenters. The van der Waals surface area contributed by atoms with Crippen molar-refractivity contribution in [2.24, 2.45) is 0 Å². The van der Waals surface area contributed by atoms with Gasteiger partial charge in [-0.1, -0.05) is 18.2 Å². The molecule has 0 saturated carbocycles. The highest BCUT2D eigenvalue weighted by Gasteiger charge is 2.22. The van der Waals surface area contributed by atoms with Gasteiger partial charge >= 0.3 is 0 Å². The van der Waals surface area contributed by atoms with Gasteiger partial charge in [0.2, 0.25) is 11.9 Å². The SMILES string of the molecule is O=C(CCCc1n[nH]c(=O)c2ccccc12)N1CCN(c2ncc3cc[nH]c3n2)CC1. The molecule has 2 N–H and O–H groups in total. The molecule has 9 nitrogen and oxygen atoms in total. The molecule has 5 rings (SSSR count). The van der Waals surface area contributed by atoms with E-state index in [0.717, 1.165) is 22.1 Å². The molecule has 0 bridgehead atoms. The zero-order valence-electron chi connectivity index (χ0n) is 17.0. The minimum Gasteiger partial charge on any atom is -0.346 e. The molecule has 1 amide bonds. The summed E-state index contributed by atoms with van der Waals surface area (Å²) in [6.45, 7) is 2.74. The number of nitrogens with zero attached hydrogens (tertiary/aromatic N) is 5. The summed E-state index contributed by atoms with van der Waals surface area (Å²) in [7, 11) is 0. The molecule has 1 aliphatic heterocycles. The number of piperazine rings is 1. The second-order valence-corrected chi connectivity index (χ2v) is 7.72. The Morgan fingerprint density at radius 2 is 1.87 bits per heavy atom. The van der Waals surface area contributed by atoms with Crippen LogP contribution in [0.2, 0.25) is 0 Å². The quantitative estimate of drug-likeness (QED) is 0.513. The predicted octanol–water partition coefficient (Wildman–Crippen LogP) is 1.87. The van der Waals surface area contributed by atoms with E-state index in [1.807, 2.05) is 41.6 Å². The van der Waals surface area contributed by atoms with Crippen molar-refractivity contribution in [2.75, 3.05) is 31.1 Å². The third-order valence-electron chi connectivity index (χ3n) is 5.78. The molecule has 1 aliphatic rings. The predicted molar refractivity (Wildman–Crippen MR) is 118 cm³/mol. The standard InChI is InChI=1S/C22H23N7O2/c30-19(7-3-6-18-16-4-1-2-5-17(16)21(31)27-26-18)28-10-12-29(13-11-28)22-24-14-15-8-9-23-20(15)25-22/h1-2,4-5,8-9,14H,3,6-7,10-13H2,(H,27,31)(H,23,24,25). The van der Waals surface area contributed by atoms with Gasteiger partial charge in [0.05, 0.1) is 11.1 Å². The average Bonchev–Trinajstić information content (AvgIpc) is 3.29. The number of hydrogen-bond donors (Lipinski definition) is 2. The second kappa shape index (κ2) is 8.17. The normalized spacial score (nSPS) is 14.5. The number of H-pyrrole nitrogens is 2. The first-order valence-electron chi connectivity index (χ1n) is 10.5. The van der Waals surface area contributed by atoms with Crippen molar-refractivity contribution >= 4 is 33.7 Å². The lowest BCUT2D eigenvalue weighted by Crippen LogP contribution is -2.49. The van der Waals surface area contributed by atoms with E-state index in [4.69, 9.17) is 0 Å². The van der Waals surface area contributed by atoms with Crippen molar-refractivity contribution in [3.63, 3.8) is 0 Å². The Morgan fingerprint density at radius 3 is 2.71 bits per heavy atom. The smallest absolute Gasteiger partial charge is 0.272 e. The summed E-state index contributed by atoms with van der Waals surface area (Å²) < 4.78 is 0. The zero-order chi connectivity index (χ0) is 21.2. The largest absolute Gasteiger partial charge is 0.346 e. The first kappa shape index (κ1) is 19.2. The van der Waals surface area contributed by atoms with Crippen LogP contribution in [0, 0.1) is 0 Å². The Labute approximate surface area is 178 Å². The summed E-state index contributed by atoms with van der Waals surface area (Å²) in [6, 6.07) is 9.38. The number of aryl methyl sites for hydroxylation is 1. The Balaban J connectivity index is 1.15. The number of aromatic nitrogens is 5. The van der Waals surface area contributed by atoms with Crippen molar-refractivity contribution < 1.29 is 4.79 Å². The molecular formula is C22H23N7O2. The number of hydrogen-bond acceptors (Lipinski definition) is 6. The molecule has 0 aliphatic carbocycles. The van der Waals surface area contributed by atoms with Gasteiger partial charge in [0.15, 0.2) is 0 Å². The first-order valence-corrected chi connectivity index (χ1v) is 10.5. The van der Waals surface area contributed by atoms with Gasteiger partial charge in [0.1, 0.15) is 5.65 Å². The van der Waals surface area contributed by atoms with Crippen molar-refractivity contribution in [2.45, 2.75) is 19.3 Å². The van der Waals surface area contributed by atoms with E-state index >= 15 is 0 Å². The number of amides is 1. The monoisotopic (exact) mass is 417 g/mol. The summed E-state index contributed by atoms with van der Waals surface area (Å²) in [4.78, 5) is 40.7. The summed E-state index contributed by atoms with van der Waals surface area (Å²) >= 11 is 0. The fourth-order valence-corrected chi connectivity index (χ4v) is 4.07. The number of rotatable bonds is 5. The van der Waals surface area contributed by atoms with Crippen LogP contribution in [0.5, 0.6) is 0 Å². The molecule has 31 heavy (non-hydrogen) atoms. The Kier molecular flexibility index (Phi) is 5.07. The number of benzene rings is 1. The Hall–Kier alpha value is -3.75. The van der Waals surface area contributed by atoms with E-state index in [-0.39, 0.29) is 11.5 Å². The van der Waals surface area contributed by atoms with Crippen LogP contribution >= 0.6 is 0 Å². The first-order chi connectivity index (χ1) is 15.2. The number of anilines is 1. The molecule has 1 saturated heterocycles.